The van der Waals surface area contributed by atoms with E-state index in [-0.39, 0.29) is 11.5 Å². The summed E-state index contributed by atoms with van der Waals surface area (Å²) in [4.78, 5) is 1.50. The molecule has 0 spiro atoms. The van der Waals surface area contributed by atoms with Crippen molar-refractivity contribution in [3.8, 4) is 5.69 Å². The van der Waals surface area contributed by atoms with Crippen molar-refractivity contribution < 1.29 is 36.1 Å². The van der Waals surface area contributed by atoms with Gasteiger partial charge in [0, 0.05) is 11.4 Å². The predicted molar refractivity (Wildman–Crippen MR) is 103 cm³/mol. The molecule has 1 saturated heterocycles. The normalized spacial score (nSPS) is 17.2. The lowest BCUT2D eigenvalue weighted by Gasteiger charge is -2.27. The van der Waals surface area contributed by atoms with Crippen LogP contribution in [0.5, 0.6) is 0 Å². The highest BCUT2D eigenvalue weighted by Gasteiger charge is 2.51. The van der Waals surface area contributed by atoms with Gasteiger partial charge >= 0.3 is 18.2 Å². The first-order valence-corrected chi connectivity index (χ1v) is 9.82. The van der Waals surface area contributed by atoms with Crippen LogP contribution in [0.15, 0.2) is 24.4 Å². The highest BCUT2D eigenvalue weighted by molar-refractivity contribution is 5.50. The number of nitrogens with one attached hydrogen (secondary N) is 1. The maximum Gasteiger partial charge on any atom is 0.424 e. The Morgan fingerprint density at radius 2 is 1.58 bits per heavy atom. The quantitative estimate of drug-likeness (QED) is 0.536. The monoisotopic (exact) mass is 451 g/mol. The summed E-state index contributed by atoms with van der Waals surface area (Å²) in [7, 11) is 0. The topological polar surface area (TPSA) is 44.3 Å². The average Bonchev–Trinajstić information content (AvgIpc) is 3.27. The Kier molecular flexibility index (Phi) is 5.94. The van der Waals surface area contributed by atoms with Crippen LogP contribution in [0.4, 0.5) is 32.2 Å². The lowest BCUT2D eigenvalue weighted by atomic mass is 10.1. The summed E-state index contributed by atoms with van der Waals surface area (Å²) >= 11 is 0. The van der Waals surface area contributed by atoms with Crippen LogP contribution >= 0.6 is 0 Å². The molecule has 5 nitrogen and oxygen atoms in total. The first-order chi connectivity index (χ1) is 14.2. The summed E-state index contributed by atoms with van der Waals surface area (Å²) in [6.45, 7) is 3.70. The summed E-state index contributed by atoms with van der Waals surface area (Å²) in [5.74, 6) is -0.269. The molecule has 11 heteroatoms. The summed E-state index contributed by atoms with van der Waals surface area (Å²) in [5.41, 5.74) is -0.210. The van der Waals surface area contributed by atoms with Gasteiger partial charge in [-0.25, -0.2) is 0 Å². The van der Waals surface area contributed by atoms with Crippen molar-refractivity contribution in [2.45, 2.75) is 51.6 Å². The third-order valence-electron chi connectivity index (χ3n) is 5.47. The zero-order valence-corrected chi connectivity index (χ0v) is 17.4. The van der Waals surface area contributed by atoms with Crippen LogP contribution in [-0.4, -0.2) is 41.1 Å². The van der Waals surface area contributed by atoms with E-state index in [4.69, 9.17) is 0 Å². The third-order valence-corrected chi connectivity index (χ3v) is 5.47. The molecule has 0 bridgehead atoms. The van der Waals surface area contributed by atoms with Crippen molar-refractivity contribution in [3.05, 3.63) is 41.3 Å². The Morgan fingerprint density at radius 3 is 2.06 bits per heavy atom. The highest BCUT2D eigenvalue weighted by Crippen LogP contribution is 2.37. The molecule has 3 rings (SSSR count). The molecule has 0 radical (unpaired) electrons. The Labute approximate surface area is 175 Å². The number of hydrogen-bond donors (Lipinski definition) is 2. The summed E-state index contributed by atoms with van der Waals surface area (Å²) in [6, 6.07) is 4.49. The number of rotatable bonds is 5. The van der Waals surface area contributed by atoms with Crippen molar-refractivity contribution >= 4 is 5.82 Å². The van der Waals surface area contributed by atoms with Gasteiger partial charge in [0.05, 0.1) is 25.3 Å². The Balaban J connectivity index is 2.18. The van der Waals surface area contributed by atoms with Crippen LogP contribution in [-0.2, 0) is 6.18 Å². The van der Waals surface area contributed by atoms with Gasteiger partial charge in [-0.05, 0) is 51.8 Å². The van der Waals surface area contributed by atoms with E-state index in [9.17, 15) is 31.4 Å². The van der Waals surface area contributed by atoms with E-state index in [1.165, 1.54) is 11.1 Å². The standard InChI is InChI=1S/C20H25F6N4O/c1-13-6-7-14(2)30(13)15-10-16(19(21,22)23)17(28-8-4-5-9-28)29(11-15)27-12-18(3,31)20(24,25)26/h6-7,10-11,27,31H,4-5,8-9,12H2,1-3H3/q+1. The van der Waals surface area contributed by atoms with Crippen molar-refractivity contribution in [1.29, 1.82) is 0 Å². The number of halogens is 6. The van der Waals surface area contributed by atoms with Crippen LogP contribution in [0.1, 0.15) is 36.7 Å². The highest BCUT2D eigenvalue weighted by atomic mass is 19.4. The molecule has 172 valence electrons. The molecular formula is C20H25F6N4O+. The van der Waals surface area contributed by atoms with E-state index in [1.807, 2.05) is 0 Å². The molecule has 1 unspecified atom stereocenters. The van der Waals surface area contributed by atoms with Crippen LogP contribution in [0, 0.1) is 13.8 Å². The average molecular weight is 451 g/mol. The number of anilines is 1. The third kappa shape index (κ3) is 4.60. The number of pyridine rings is 1. The summed E-state index contributed by atoms with van der Waals surface area (Å²) in [6.07, 6.45) is -7.01. The second-order valence-electron chi connectivity index (χ2n) is 8.06. The van der Waals surface area contributed by atoms with Gasteiger partial charge in [-0.1, -0.05) is 0 Å². The second-order valence-corrected chi connectivity index (χ2v) is 8.06. The van der Waals surface area contributed by atoms with Crippen molar-refractivity contribution in [2.75, 3.05) is 30.0 Å². The zero-order valence-electron chi connectivity index (χ0n) is 17.4. The van der Waals surface area contributed by atoms with Gasteiger partial charge in [0.15, 0.2) is 5.60 Å². The molecule has 0 saturated carbocycles. The van der Waals surface area contributed by atoms with E-state index in [0.717, 1.165) is 10.7 Å². The number of aryl methyl sites for hydroxylation is 2. The van der Waals surface area contributed by atoms with E-state index < -0.39 is 30.1 Å². The molecule has 2 aromatic rings. The van der Waals surface area contributed by atoms with E-state index >= 15 is 0 Å². The van der Waals surface area contributed by atoms with Gasteiger partial charge < -0.3 is 9.67 Å². The molecule has 1 atom stereocenters. The fraction of sp³-hybridized carbons (Fsp3) is 0.550. The van der Waals surface area contributed by atoms with Gasteiger partial charge in [0.25, 0.3) is 0 Å². The van der Waals surface area contributed by atoms with E-state index in [1.54, 1.807) is 30.5 Å². The second kappa shape index (κ2) is 7.92. The summed E-state index contributed by atoms with van der Waals surface area (Å²) in [5, 5.41) is 9.80. The summed E-state index contributed by atoms with van der Waals surface area (Å²) < 4.78 is 84.1. The smallest absolute Gasteiger partial charge is 0.379 e. The lowest BCUT2D eigenvalue weighted by Crippen LogP contribution is -2.58. The number of aliphatic hydroxyl groups is 1. The van der Waals surface area contributed by atoms with Gasteiger partial charge in [-0.2, -0.15) is 26.3 Å². The predicted octanol–water partition coefficient (Wildman–Crippen LogP) is 3.86. The maximum absolute atomic E-state index is 14.1. The molecule has 0 amide bonds. The molecule has 3 heterocycles. The van der Waals surface area contributed by atoms with Gasteiger partial charge in [0.2, 0.25) is 0 Å². The number of hydrogen-bond acceptors (Lipinski definition) is 3. The van der Waals surface area contributed by atoms with Crippen molar-refractivity contribution in [2.24, 2.45) is 0 Å². The maximum atomic E-state index is 14.1. The Bertz CT molecular complexity index is 923. The molecule has 1 aliphatic rings. The fourth-order valence-corrected chi connectivity index (χ4v) is 3.69. The molecule has 31 heavy (non-hydrogen) atoms. The molecule has 2 N–H and O–H groups in total. The molecule has 0 aromatic carbocycles. The number of alkyl halides is 6. The van der Waals surface area contributed by atoms with E-state index in [2.05, 4.69) is 5.43 Å². The van der Waals surface area contributed by atoms with Crippen LogP contribution in [0.25, 0.3) is 5.69 Å². The number of nitrogens with zero attached hydrogens (tertiary/aromatic N) is 3. The van der Waals surface area contributed by atoms with Crippen molar-refractivity contribution in [3.63, 3.8) is 0 Å². The zero-order chi connectivity index (χ0) is 23.2. The van der Waals surface area contributed by atoms with Gasteiger partial charge in [-0.3, -0.25) is 10.3 Å². The minimum absolute atomic E-state index is 0.148. The van der Waals surface area contributed by atoms with Gasteiger partial charge in [0.1, 0.15) is 11.8 Å². The Hall–Kier alpha value is -2.43. The SMILES string of the molecule is Cc1ccc(C)n1-c1cc(C(F)(F)F)c(N2CCCC2)[n+](NCC(C)(O)C(F)(F)F)c1. The van der Waals surface area contributed by atoms with Crippen LogP contribution < -0.4 is 15.0 Å². The minimum Gasteiger partial charge on any atom is -0.379 e. The van der Waals surface area contributed by atoms with Crippen molar-refractivity contribution in [1.82, 2.24) is 4.57 Å². The lowest BCUT2D eigenvalue weighted by molar-refractivity contribution is -0.640. The minimum atomic E-state index is -4.95. The largest absolute Gasteiger partial charge is 0.424 e. The van der Waals surface area contributed by atoms with Gasteiger partial charge in [-0.15, -0.1) is 4.68 Å². The molecule has 2 aromatic heterocycles. The Morgan fingerprint density at radius 1 is 1.03 bits per heavy atom. The molecule has 0 aliphatic carbocycles. The molecule has 1 fully saturated rings. The van der Waals surface area contributed by atoms with E-state index in [0.29, 0.717) is 44.2 Å². The molecule has 1 aliphatic heterocycles. The first-order valence-electron chi connectivity index (χ1n) is 9.82. The molecular weight excluding hydrogens is 426 g/mol. The number of aromatic nitrogens is 2. The fourth-order valence-electron chi connectivity index (χ4n) is 3.69. The first kappa shape index (κ1) is 23.2. The van der Waals surface area contributed by atoms with Crippen LogP contribution in [0.3, 0.4) is 0 Å². The van der Waals surface area contributed by atoms with Crippen LogP contribution in [0.2, 0.25) is 0 Å².